The molecule has 1 saturated heterocycles. The number of hydrogen-bond acceptors (Lipinski definition) is 3. The van der Waals surface area contributed by atoms with E-state index in [9.17, 15) is 0 Å². The van der Waals surface area contributed by atoms with E-state index in [-0.39, 0.29) is 0 Å². The molecule has 0 aromatic rings. The number of nitrogens with two attached hydrogens (primary N) is 1. The van der Waals surface area contributed by atoms with Crippen molar-refractivity contribution in [3.63, 3.8) is 0 Å². The second-order valence-electron chi connectivity index (χ2n) is 7.22. The van der Waals surface area contributed by atoms with Crippen molar-refractivity contribution in [2.45, 2.75) is 76.4 Å². The highest BCUT2D eigenvalue weighted by Gasteiger charge is 2.37. The van der Waals surface area contributed by atoms with E-state index in [0.29, 0.717) is 11.6 Å². The quantitative estimate of drug-likeness (QED) is 0.852. The molecule has 1 unspecified atom stereocenters. The molecule has 0 spiro atoms. The van der Waals surface area contributed by atoms with E-state index in [0.717, 1.165) is 19.0 Å². The van der Waals surface area contributed by atoms with Crippen LogP contribution in [0.5, 0.6) is 0 Å². The summed E-state index contributed by atoms with van der Waals surface area (Å²) in [6, 6.07) is 1.46. The number of hydrogen-bond donors (Lipinski definition) is 1. The van der Waals surface area contributed by atoms with Gasteiger partial charge in [-0.15, -0.1) is 0 Å². The SMILES string of the molecule is CN1CCC(C)(C)N(C2CCCCC2)CC1CCN. The predicted molar refractivity (Wildman–Crippen MR) is 82.4 cm³/mol. The van der Waals surface area contributed by atoms with Crippen LogP contribution in [0.2, 0.25) is 0 Å². The summed E-state index contributed by atoms with van der Waals surface area (Å²) < 4.78 is 0. The lowest BCUT2D eigenvalue weighted by atomic mass is 9.88. The molecule has 112 valence electrons. The van der Waals surface area contributed by atoms with Crippen LogP contribution in [0.1, 0.15) is 58.8 Å². The lowest BCUT2D eigenvalue weighted by Gasteiger charge is -2.45. The van der Waals surface area contributed by atoms with E-state index in [1.165, 1.54) is 51.6 Å². The predicted octanol–water partition coefficient (Wildman–Crippen LogP) is 2.45. The first-order valence-electron chi connectivity index (χ1n) is 8.21. The Morgan fingerprint density at radius 2 is 1.84 bits per heavy atom. The molecular weight excluding hydrogens is 234 g/mol. The third-order valence-corrected chi connectivity index (χ3v) is 5.40. The van der Waals surface area contributed by atoms with Crippen molar-refractivity contribution in [2.24, 2.45) is 5.73 Å². The lowest BCUT2D eigenvalue weighted by molar-refractivity contribution is 0.0448. The molecule has 0 bridgehead atoms. The van der Waals surface area contributed by atoms with Crippen molar-refractivity contribution in [2.75, 3.05) is 26.7 Å². The molecule has 0 amide bonds. The van der Waals surface area contributed by atoms with Crippen molar-refractivity contribution in [1.82, 2.24) is 9.80 Å². The Labute approximate surface area is 119 Å². The summed E-state index contributed by atoms with van der Waals surface area (Å²) in [7, 11) is 2.28. The van der Waals surface area contributed by atoms with Gasteiger partial charge in [0, 0.05) is 24.2 Å². The zero-order valence-corrected chi connectivity index (χ0v) is 13.2. The molecule has 1 heterocycles. The molecule has 19 heavy (non-hydrogen) atoms. The number of rotatable bonds is 3. The molecule has 2 rings (SSSR count). The number of likely N-dealkylation sites (N-methyl/N-ethyl adjacent to an activating group) is 1. The third-order valence-electron chi connectivity index (χ3n) is 5.40. The molecule has 0 aromatic carbocycles. The summed E-state index contributed by atoms with van der Waals surface area (Å²) in [6.07, 6.45) is 9.52. The van der Waals surface area contributed by atoms with E-state index in [4.69, 9.17) is 5.73 Å². The Morgan fingerprint density at radius 3 is 2.47 bits per heavy atom. The van der Waals surface area contributed by atoms with E-state index in [1.54, 1.807) is 0 Å². The van der Waals surface area contributed by atoms with Crippen molar-refractivity contribution in [1.29, 1.82) is 0 Å². The van der Waals surface area contributed by atoms with Gasteiger partial charge < -0.3 is 10.6 Å². The van der Waals surface area contributed by atoms with Gasteiger partial charge in [0.05, 0.1) is 0 Å². The molecule has 1 atom stereocenters. The fourth-order valence-electron chi connectivity index (χ4n) is 3.93. The first-order valence-corrected chi connectivity index (χ1v) is 8.21. The Balaban J connectivity index is 2.10. The molecular formula is C16H33N3. The monoisotopic (exact) mass is 267 g/mol. The highest BCUT2D eigenvalue weighted by molar-refractivity contribution is 4.94. The van der Waals surface area contributed by atoms with Crippen LogP contribution in [-0.2, 0) is 0 Å². The van der Waals surface area contributed by atoms with Gasteiger partial charge in [-0.2, -0.15) is 0 Å². The summed E-state index contributed by atoms with van der Waals surface area (Å²) in [5, 5.41) is 0. The Morgan fingerprint density at radius 1 is 1.16 bits per heavy atom. The van der Waals surface area contributed by atoms with Gasteiger partial charge in [-0.3, -0.25) is 4.90 Å². The van der Waals surface area contributed by atoms with Gasteiger partial charge in [0.2, 0.25) is 0 Å². The zero-order chi connectivity index (χ0) is 13.9. The van der Waals surface area contributed by atoms with Crippen LogP contribution >= 0.6 is 0 Å². The molecule has 3 nitrogen and oxygen atoms in total. The third kappa shape index (κ3) is 3.71. The Bertz CT molecular complexity index is 271. The van der Waals surface area contributed by atoms with Crippen LogP contribution < -0.4 is 5.73 Å². The van der Waals surface area contributed by atoms with Crippen molar-refractivity contribution < 1.29 is 0 Å². The Kier molecular flexibility index (Phi) is 5.27. The van der Waals surface area contributed by atoms with E-state index < -0.39 is 0 Å². The molecule has 0 aromatic heterocycles. The molecule has 3 heteroatoms. The highest BCUT2D eigenvalue weighted by Crippen LogP contribution is 2.33. The first-order chi connectivity index (χ1) is 9.04. The minimum Gasteiger partial charge on any atom is -0.330 e. The minimum atomic E-state index is 0.347. The molecule has 1 aliphatic carbocycles. The molecule has 1 aliphatic heterocycles. The fraction of sp³-hybridized carbons (Fsp3) is 1.00. The van der Waals surface area contributed by atoms with Crippen LogP contribution in [0.25, 0.3) is 0 Å². The normalized spacial score (nSPS) is 31.3. The maximum Gasteiger partial charge on any atom is 0.0232 e. The van der Waals surface area contributed by atoms with Crippen LogP contribution in [0.4, 0.5) is 0 Å². The largest absolute Gasteiger partial charge is 0.330 e. The summed E-state index contributed by atoms with van der Waals surface area (Å²) in [4.78, 5) is 5.37. The summed E-state index contributed by atoms with van der Waals surface area (Å²) >= 11 is 0. The average molecular weight is 267 g/mol. The van der Waals surface area contributed by atoms with Crippen molar-refractivity contribution in [3.8, 4) is 0 Å². The van der Waals surface area contributed by atoms with E-state index in [1.807, 2.05) is 0 Å². The summed E-state index contributed by atoms with van der Waals surface area (Å²) in [6.45, 7) is 8.13. The van der Waals surface area contributed by atoms with Gasteiger partial charge in [-0.25, -0.2) is 0 Å². The molecule has 0 radical (unpaired) electrons. The minimum absolute atomic E-state index is 0.347. The van der Waals surface area contributed by atoms with Gasteiger partial charge in [-0.1, -0.05) is 19.3 Å². The second-order valence-corrected chi connectivity index (χ2v) is 7.22. The van der Waals surface area contributed by atoms with E-state index >= 15 is 0 Å². The summed E-state index contributed by atoms with van der Waals surface area (Å²) in [5.74, 6) is 0. The lowest BCUT2D eigenvalue weighted by Crippen LogP contribution is -2.52. The van der Waals surface area contributed by atoms with Gasteiger partial charge >= 0.3 is 0 Å². The molecule has 2 N–H and O–H groups in total. The van der Waals surface area contributed by atoms with Gasteiger partial charge in [0.15, 0.2) is 0 Å². The van der Waals surface area contributed by atoms with Crippen LogP contribution in [-0.4, -0.2) is 54.1 Å². The summed E-state index contributed by atoms with van der Waals surface area (Å²) in [5.41, 5.74) is 6.17. The van der Waals surface area contributed by atoms with Crippen molar-refractivity contribution >= 4 is 0 Å². The molecule has 1 saturated carbocycles. The fourth-order valence-corrected chi connectivity index (χ4v) is 3.93. The highest BCUT2D eigenvalue weighted by atomic mass is 15.3. The zero-order valence-electron chi connectivity index (χ0n) is 13.2. The Hall–Kier alpha value is -0.120. The maximum atomic E-state index is 5.82. The second kappa shape index (κ2) is 6.55. The van der Waals surface area contributed by atoms with E-state index in [2.05, 4.69) is 30.7 Å². The van der Waals surface area contributed by atoms with Crippen LogP contribution in [0, 0.1) is 0 Å². The number of nitrogens with zero attached hydrogens (tertiary/aromatic N) is 2. The first kappa shape index (κ1) is 15.3. The standard InChI is InChI=1S/C16H33N3/c1-16(2)10-12-18(3)15(9-11-17)13-19(16)14-7-5-4-6-8-14/h14-15H,4-13,17H2,1-3H3. The van der Waals surface area contributed by atoms with Gasteiger partial charge in [-0.05, 0) is 59.7 Å². The topological polar surface area (TPSA) is 32.5 Å². The average Bonchev–Trinajstić information content (AvgIpc) is 2.51. The molecule has 2 aliphatic rings. The van der Waals surface area contributed by atoms with Gasteiger partial charge in [0.25, 0.3) is 0 Å². The smallest absolute Gasteiger partial charge is 0.0232 e. The molecule has 2 fully saturated rings. The van der Waals surface area contributed by atoms with Crippen LogP contribution in [0.3, 0.4) is 0 Å². The maximum absolute atomic E-state index is 5.82. The van der Waals surface area contributed by atoms with Gasteiger partial charge in [0.1, 0.15) is 0 Å². The van der Waals surface area contributed by atoms with Crippen LogP contribution in [0.15, 0.2) is 0 Å². The van der Waals surface area contributed by atoms with Crippen molar-refractivity contribution in [3.05, 3.63) is 0 Å².